The molecule has 0 fully saturated rings. The van der Waals surface area contributed by atoms with Gasteiger partial charge in [-0.15, -0.1) is 0 Å². The van der Waals surface area contributed by atoms with E-state index in [0.717, 1.165) is 5.56 Å². The van der Waals surface area contributed by atoms with E-state index in [1.54, 1.807) is 36.4 Å². The van der Waals surface area contributed by atoms with Gasteiger partial charge in [0.05, 0.1) is 0 Å². The van der Waals surface area contributed by atoms with Gasteiger partial charge in [0.15, 0.2) is 5.11 Å². The predicted octanol–water partition coefficient (Wildman–Crippen LogP) is 2.93. The first kappa shape index (κ1) is 22.0. The van der Waals surface area contributed by atoms with Gasteiger partial charge in [-0.05, 0) is 61.0 Å². The zero-order valence-electron chi connectivity index (χ0n) is 16.5. The Hall–Kier alpha value is -3.26. The maximum absolute atomic E-state index is 12.2. The van der Waals surface area contributed by atoms with Crippen molar-refractivity contribution in [2.24, 2.45) is 5.92 Å². The van der Waals surface area contributed by atoms with Crippen LogP contribution in [0.3, 0.4) is 0 Å². The molecule has 2 aromatic carbocycles. The summed E-state index contributed by atoms with van der Waals surface area (Å²) in [7, 11) is 0. The van der Waals surface area contributed by atoms with E-state index in [4.69, 9.17) is 12.2 Å². The highest BCUT2D eigenvalue weighted by atomic mass is 32.1. The SMILES string of the molecule is Cc1ccccc1C(=O)NC(=S)NNC(=O)c1ccc(NC(=O)CC(C)C)cc1. The number of thiocarbonyl (C=S) groups is 1. The van der Waals surface area contributed by atoms with E-state index in [1.165, 1.54) is 0 Å². The van der Waals surface area contributed by atoms with E-state index < -0.39 is 5.91 Å². The topological polar surface area (TPSA) is 99.3 Å². The Balaban J connectivity index is 1.84. The molecule has 8 heteroatoms. The van der Waals surface area contributed by atoms with E-state index in [-0.39, 0.29) is 22.8 Å². The Bertz CT molecular complexity index is 910. The lowest BCUT2D eigenvalue weighted by Gasteiger charge is -2.12. The third-order valence-electron chi connectivity index (χ3n) is 3.93. The van der Waals surface area contributed by atoms with Crippen LogP contribution >= 0.6 is 12.2 Å². The lowest BCUT2D eigenvalue weighted by atomic mass is 10.1. The summed E-state index contributed by atoms with van der Waals surface area (Å²) in [6, 6.07) is 13.6. The fraction of sp³-hybridized carbons (Fsp3) is 0.238. The Kier molecular flexibility index (Phi) is 7.85. The number of aryl methyl sites for hydroxylation is 1. The van der Waals surface area contributed by atoms with Crippen molar-refractivity contribution in [2.75, 3.05) is 5.32 Å². The molecule has 152 valence electrons. The van der Waals surface area contributed by atoms with Gasteiger partial charge in [-0.3, -0.25) is 30.6 Å². The Morgan fingerprint density at radius 1 is 0.931 bits per heavy atom. The zero-order chi connectivity index (χ0) is 21.4. The van der Waals surface area contributed by atoms with Crippen LogP contribution in [0.1, 0.15) is 46.5 Å². The van der Waals surface area contributed by atoms with Crippen LogP contribution in [0.2, 0.25) is 0 Å². The van der Waals surface area contributed by atoms with Gasteiger partial charge in [-0.25, -0.2) is 0 Å². The Labute approximate surface area is 175 Å². The highest BCUT2D eigenvalue weighted by molar-refractivity contribution is 7.80. The molecule has 0 saturated heterocycles. The minimum absolute atomic E-state index is 0.0239. The average Bonchev–Trinajstić information content (AvgIpc) is 2.66. The second-order valence-electron chi connectivity index (χ2n) is 6.90. The van der Waals surface area contributed by atoms with Gasteiger partial charge < -0.3 is 5.32 Å². The van der Waals surface area contributed by atoms with Gasteiger partial charge in [0.1, 0.15) is 0 Å². The van der Waals surface area contributed by atoms with Crippen molar-refractivity contribution in [3.8, 4) is 0 Å². The summed E-state index contributed by atoms with van der Waals surface area (Å²) in [5, 5.41) is 5.26. The molecule has 3 amide bonds. The van der Waals surface area contributed by atoms with Crippen molar-refractivity contribution in [3.05, 3.63) is 65.2 Å². The molecule has 0 radical (unpaired) electrons. The molecule has 0 aliphatic carbocycles. The van der Waals surface area contributed by atoms with E-state index in [0.29, 0.717) is 23.2 Å². The average molecular weight is 413 g/mol. The molecule has 0 bridgehead atoms. The summed E-state index contributed by atoms with van der Waals surface area (Å²) in [4.78, 5) is 36.2. The van der Waals surface area contributed by atoms with Gasteiger partial charge in [-0.1, -0.05) is 32.0 Å². The first-order valence-corrected chi connectivity index (χ1v) is 9.54. The molecule has 0 spiro atoms. The molecule has 0 atom stereocenters. The van der Waals surface area contributed by atoms with Crippen molar-refractivity contribution in [2.45, 2.75) is 27.2 Å². The number of amides is 3. The molecule has 2 aromatic rings. The van der Waals surface area contributed by atoms with Crippen molar-refractivity contribution < 1.29 is 14.4 Å². The number of benzene rings is 2. The summed E-state index contributed by atoms with van der Waals surface area (Å²) in [6.45, 7) is 5.75. The molecule has 0 aromatic heterocycles. The van der Waals surface area contributed by atoms with Crippen LogP contribution in [-0.2, 0) is 4.79 Å². The van der Waals surface area contributed by atoms with E-state index in [9.17, 15) is 14.4 Å². The predicted molar refractivity (Wildman–Crippen MR) is 116 cm³/mol. The third-order valence-corrected chi connectivity index (χ3v) is 4.13. The van der Waals surface area contributed by atoms with Crippen molar-refractivity contribution in [3.63, 3.8) is 0 Å². The smallest absolute Gasteiger partial charge is 0.269 e. The van der Waals surface area contributed by atoms with Gasteiger partial charge in [0, 0.05) is 23.2 Å². The van der Waals surface area contributed by atoms with Gasteiger partial charge in [0.2, 0.25) is 5.91 Å². The Morgan fingerprint density at radius 2 is 1.59 bits per heavy atom. The summed E-state index contributed by atoms with van der Waals surface area (Å²) >= 11 is 5.04. The minimum Gasteiger partial charge on any atom is -0.326 e. The molecule has 0 unspecified atom stereocenters. The number of carbonyl (C=O) groups is 3. The minimum atomic E-state index is -0.433. The highest BCUT2D eigenvalue weighted by Crippen LogP contribution is 2.11. The van der Waals surface area contributed by atoms with Crippen LogP contribution in [0.4, 0.5) is 5.69 Å². The van der Waals surface area contributed by atoms with Crippen LogP contribution in [-0.4, -0.2) is 22.8 Å². The molecule has 29 heavy (non-hydrogen) atoms. The van der Waals surface area contributed by atoms with Crippen LogP contribution in [0.5, 0.6) is 0 Å². The molecule has 0 heterocycles. The first-order chi connectivity index (χ1) is 13.8. The van der Waals surface area contributed by atoms with Gasteiger partial charge in [0.25, 0.3) is 11.8 Å². The Morgan fingerprint density at radius 3 is 2.21 bits per heavy atom. The van der Waals surface area contributed by atoms with Crippen LogP contribution in [0, 0.1) is 12.8 Å². The lowest BCUT2D eigenvalue weighted by molar-refractivity contribution is -0.116. The number of hydrazine groups is 1. The van der Waals surface area contributed by atoms with Crippen molar-refractivity contribution >= 4 is 40.7 Å². The number of hydrogen-bond acceptors (Lipinski definition) is 4. The second-order valence-corrected chi connectivity index (χ2v) is 7.31. The molecular formula is C21H24N4O3S. The number of anilines is 1. The molecule has 0 saturated carbocycles. The zero-order valence-corrected chi connectivity index (χ0v) is 17.4. The summed E-state index contributed by atoms with van der Waals surface area (Å²) in [5.74, 6) is -0.608. The normalized spacial score (nSPS) is 10.2. The van der Waals surface area contributed by atoms with E-state index in [1.807, 2.05) is 32.9 Å². The number of carbonyl (C=O) groups excluding carboxylic acids is 3. The van der Waals surface area contributed by atoms with Crippen molar-refractivity contribution in [1.29, 1.82) is 0 Å². The standard InChI is InChI=1S/C21H24N4O3S/c1-13(2)12-18(26)22-16-10-8-15(9-11-16)19(27)24-25-21(29)23-20(28)17-7-5-4-6-14(17)3/h4-11,13H,12H2,1-3H3,(H,22,26)(H,24,27)(H2,23,25,28,29). The molecule has 0 aliphatic rings. The summed E-state index contributed by atoms with van der Waals surface area (Å²) in [5.41, 5.74) is 7.22. The van der Waals surface area contributed by atoms with E-state index >= 15 is 0 Å². The quantitative estimate of drug-likeness (QED) is 0.447. The lowest BCUT2D eigenvalue weighted by Crippen LogP contribution is -2.48. The molecule has 7 nitrogen and oxygen atoms in total. The van der Waals surface area contributed by atoms with Crippen LogP contribution < -0.4 is 21.5 Å². The molecule has 2 rings (SSSR count). The third kappa shape index (κ3) is 7.00. The number of rotatable bonds is 5. The maximum Gasteiger partial charge on any atom is 0.269 e. The number of nitrogens with one attached hydrogen (secondary N) is 4. The molecular weight excluding hydrogens is 388 g/mol. The second kappa shape index (κ2) is 10.3. The monoisotopic (exact) mass is 412 g/mol. The largest absolute Gasteiger partial charge is 0.326 e. The summed E-state index contributed by atoms with van der Waals surface area (Å²) < 4.78 is 0. The fourth-order valence-electron chi connectivity index (χ4n) is 2.50. The first-order valence-electron chi connectivity index (χ1n) is 9.13. The maximum atomic E-state index is 12.2. The van der Waals surface area contributed by atoms with E-state index in [2.05, 4.69) is 21.5 Å². The van der Waals surface area contributed by atoms with Crippen LogP contribution in [0.25, 0.3) is 0 Å². The summed E-state index contributed by atoms with van der Waals surface area (Å²) in [6.07, 6.45) is 0.428. The van der Waals surface area contributed by atoms with Crippen LogP contribution in [0.15, 0.2) is 48.5 Å². The molecule has 4 N–H and O–H groups in total. The molecule has 0 aliphatic heterocycles. The fourth-order valence-corrected chi connectivity index (χ4v) is 2.65. The van der Waals surface area contributed by atoms with Gasteiger partial charge in [-0.2, -0.15) is 0 Å². The van der Waals surface area contributed by atoms with Gasteiger partial charge >= 0.3 is 0 Å². The highest BCUT2D eigenvalue weighted by Gasteiger charge is 2.11. The van der Waals surface area contributed by atoms with Crippen molar-refractivity contribution in [1.82, 2.24) is 16.2 Å². The number of hydrogen-bond donors (Lipinski definition) is 4.